The van der Waals surface area contributed by atoms with Gasteiger partial charge in [0.1, 0.15) is 12.0 Å². The molecule has 0 bridgehead atoms. The van der Waals surface area contributed by atoms with Crippen LogP contribution in [-0.2, 0) is 13.0 Å². The van der Waals surface area contributed by atoms with Crippen LogP contribution in [0.2, 0.25) is 0 Å². The SMILES string of the molecule is c1ncc2c3c([nH]c2n1)CNCC3. The highest BCUT2D eigenvalue weighted by molar-refractivity contribution is 5.80. The lowest BCUT2D eigenvalue weighted by Gasteiger charge is -2.11. The van der Waals surface area contributed by atoms with Crippen molar-refractivity contribution in [3.63, 3.8) is 0 Å². The molecule has 0 radical (unpaired) electrons. The summed E-state index contributed by atoms with van der Waals surface area (Å²) in [5.41, 5.74) is 3.61. The molecule has 1 aliphatic heterocycles. The van der Waals surface area contributed by atoms with E-state index in [1.165, 1.54) is 16.6 Å². The predicted octanol–water partition coefficient (Wildman–Crippen LogP) is 0.604. The summed E-state index contributed by atoms with van der Waals surface area (Å²) in [6.07, 6.45) is 4.55. The van der Waals surface area contributed by atoms with Crippen molar-refractivity contribution in [1.82, 2.24) is 20.3 Å². The van der Waals surface area contributed by atoms with E-state index in [-0.39, 0.29) is 0 Å². The number of hydrogen-bond acceptors (Lipinski definition) is 3. The molecule has 0 saturated carbocycles. The minimum atomic E-state index is 0.922. The van der Waals surface area contributed by atoms with Gasteiger partial charge in [-0.25, -0.2) is 9.97 Å². The maximum Gasteiger partial charge on any atom is 0.141 e. The number of aromatic amines is 1. The first-order valence-corrected chi connectivity index (χ1v) is 4.45. The number of fused-ring (bicyclic) bond motifs is 3. The Kier molecular flexibility index (Phi) is 1.37. The molecule has 3 heterocycles. The van der Waals surface area contributed by atoms with Gasteiger partial charge in [0, 0.05) is 23.8 Å². The first-order chi connectivity index (χ1) is 6.45. The molecule has 0 spiro atoms. The number of rotatable bonds is 0. The van der Waals surface area contributed by atoms with Crippen LogP contribution < -0.4 is 5.32 Å². The topological polar surface area (TPSA) is 53.6 Å². The summed E-state index contributed by atoms with van der Waals surface area (Å²) < 4.78 is 0. The molecule has 3 rings (SSSR count). The molecule has 1 aliphatic rings. The number of nitrogens with one attached hydrogen (secondary N) is 2. The van der Waals surface area contributed by atoms with Crippen molar-refractivity contribution in [2.45, 2.75) is 13.0 Å². The minimum absolute atomic E-state index is 0.922. The zero-order valence-electron chi connectivity index (χ0n) is 7.17. The zero-order valence-corrected chi connectivity index (χ0v) is 7.17. The minimum Gasteiger partial charge on any atom is -0.342 e. The van der Waals surface area contributed by atoms with Crippen molar-refractivity contribution in [3.05, 3.63) is 23.8 Å². The zero-order chi connectivity index (χ0) is 8.67. The third-order valence-electron chi connectivity index (χ3n) is 2.52. The molecule has 0 amide bonds. The van der Waals surface area contributed by atoms with Gasteiger partial charge in [0.05, 0.1) is 0 Å². The van der Waals surface area contributed by atoms with Crippen LogP contribution in [0.1, 0.15) is 11.3 Å². The fourth-order valence-corrected chi connectivity index (χ4v) is 1.89. The average molecular weight is 174 g/mol. The third-order valence-corrected chi connectivity index (χ3v) is 2.52. The molecular formula is C9H10N4. The van der Waals surface area contributed by atoms with Crippen molar-refractivity contribution in [3.8, 4) is 0 Å². The molecule has 0 saturated heterocycles. The summed E-state index contributed by atoms with van der Waals surface area (Å²) in [4.78, 5) is 11.5. The smallest absolute Gasteiger partial charge is 0.141 e. The molecule has 0 aliphatic carbocycles. The Labute approximate surface area is 75.4 Å². The molecule has 2 N–H and O–H groups in total. The first-order valence-electron chi connectivity index (χ1n) is 4.45. The van der Waals surface area contributed by atoms with Crippen molar-refractivity contribution >= 4 is 11.0 Å². The van der Waals surface area contributed by atoms with E-state index in [4.69, 9.17) is 0 Å². The van der Waals surface area contributed by atoms with Crippen molar-refractivity contribution < 1.29 is 0 Å². The summed E-state index contributed by atoms with van der Waals surface area (Å²) >= 11 is 0. The van der Waals surface area contributed by atoms with E-state index in [0.717, 1.165) is 25.2 Å². The largest absolute Gasteiger partial charge is 0.342 e. The highest BCUT2D eigenvalue weighted by Gasteiger charge is 2.14. The Hall–Kier alpha value is -1.42. The van der Waals surface area contributed by atoms with Crippen LogP contribution in [0, 0.1) is 0 Å². The average Bonchev–Trinajstić information content (AvgIpc) is 2.56. The standard InChI is InChI=1S/C9H10N4/c1-2-10-4-8-6(1)7-3-11-5-12-9(7)13-8/h3,5,10H,1-2,4H2,(H,11,12,13). The normalized spacial score (nSPS) is 16.0. The summed E-state index contributed by atoms with van der Waals surface area (Å²) in [7, 11) is 0. The second-order valence-corrected chi connectivity index (χ2v) is 3.29. The van der Waals surface area contributed by atoms with Gasteiger partial charge in [-0.05, 0) is 18.5 Å². The first kappa shape index (κ1) is 7.03. The van der Waals surface area contributed by atoms with Crippen molar-refractivity contribution in [1.29, 1.82) is 0 Å². The van der Waals surface area contributed by atoms with Crippen LogP contribution in [0.15, 0.2) is 12.5 Å². The van der Waals surface area contributed by atoms with E-state index in [9.17, 15) is 0 Å². The maximum absolute atomic E-state index is 4.19. The number of aromatic nitrogens is 3. The second-order valence-electron chi connectivity index (χ2n) is 3.29. The Morgan fingerprint density at radius 1 is 1.38 bits per heavy atom. The molecule has 0 unspecified atom stereocenters. The molecule has 2 aromatic rings. The second kappa shape index (κ2) is 2.53. The molecule has 66 valence electrons. The molecule has 2 aromatic heterocycles. The van der Waals surface area contributed by atoms with E-state index < -0.39 is 0 Å². The van der Waals surface area contributed by atoms with E-state index in [2.05, 4.69) is 20.3 Å². The third kappa shape index (κ3) is 0.954. The molecule has 0 aromatic carbocycles. The van der Waals surface area contributed by atoms with E-state index >= 15 is 0 Å². The van der Waals surface area contributed by atoms with Crippen LogP contribution in [0.25, 0.3) is 11.0 Å². The molecule has 4 nitrogen and oxygen atoms in total. The predicted molar refractivity (Wildman–Crippen MR) is 49.3 cm³/mol. The lowest BCUT2D eigenvalue weighted by Crippen LogP contribution is -2.22. The number of H-pyrrole nitrogens is 1. The summed E-state index contributed by atoms with van der Waals surface area (Å²) in [5, 5.41) is 4.50. The fraction of sp³-hybridized carbons (Fsp3) is 0.333. The van der Waals surface area contributed by atoms with Gasteiger partial charge in [0.25, 0.3) is 0 Å². The van der Waals surface area contributed by atoms with Gasteiger partial charge in [-0.1, -0.05) is 0 Å². The van der Waals surface area contributed by atoms with E-state index in [1.54, 1.807) is 6.33 Å². The molecule has 0 fully saturated rings. The van der Waals surface area contributed by atoms with Gasteiger partial charge in [-0.3, -0.25) is 0 Å². The van der Waals surface area contributed by atoms with Gasteiger partial charge in [-0.2, -0.15) is 0 Å². The van der Waals surface area contributed by atoms with Crippen molar-refractivity contribution in [2.24, 2.45) is 0 Å². The van der Waals surface area contributed by atoms with Crippen LogP contribution in [-0.4, -0.2) is 21.5 Å². The molecule has 0 atom stereocenters. The number of nitrogens with zero attached hydrogens (tertiary/aromatic N) is 2. The number of hydrogen-bond donors (Lipinski definition) is 2. The summed E-state index contributed by atoms with van der Waals surface area (Å²) in [6, 6.07) is 0. The fourth-order valence-electron chi connectivity index (χ4n) is 1.89. The highest BCUT2D eigenvalue weighted by Crippen LogP contribution is 2.22. The van der Waals surface area contributed by atoms with Gasteiger partial charge in [0.2, 0.25) is 0 Å². The highest BCUT2D eigenvalue weighted by atomic mass is 15.0. The quantitative estimate of drug-likeness (QED) is 0.615. The van der Waals surface area contributed by atoms with Crippen LogP contribution >= 0.6 is 0 Å². The van der Waals surface area contributed by atoms with Gasteiger partial charge in [0.15, 0.2) is 0 Å². The summed E-state index contributed by atoms with van der Waals surface area (Å²) in [6.45, 7) is 1.97. The Balaban J connectivity index is 2.34. The Morgan fingerprint density at radius 2 is 2.38 bits per heavy atom. The van der Waals surface area contributed by atoms with Gasteiger partial charge < -0.3 is 10.3 Å². The molecule has 13 heavy (non-hydrogen) atoms. The lowest BCUT2D eigenvalue weighted by atomic mass is 10.1. The van der Waals surface area contributed by atoms with Crippen LogP contribution in [0.5, 0.6) is 0 Å². The van der Waals surface area contributed by atoms with Gasteiger partial charge >= 0.3 is 0 Å². The van der Waals surface area contributed by atoms with E-state index in [1.807, 2.05) is 6.20 Å². The van der Waals surface area contributed by atoms with Crippen LogP contribution in [0.3, 0.4) is 0 Å². The van der Waals surface area contributed by atoms with Crippen LogP contribution in [0.4, 0.5) is 0 Å². The molecular weight excluding hydrogens is 164 g/mol. The lowest BCUT2D eigenvalue weighted by molar-refractivity contribution is 0.637. The summed E-state index contributed by atoms with van der Waals surface area (Å²) in [5.74, 6) is 0. The van der Waals surface area contributed by atoms with Gasteiger partial charge in [-0.15, -0.1) is 0 Å². The molecule has 4 heteroatoms. The van der Waals surface area contributed by atoms with Crippen molar-refractivity contribution in [2.75, 3.05) is 6.54 Å². The monoisotopic (exact) mass is 174 g/mol. The van der Waals surface area contributed by atoms with E-state index in [0.29, 0.717) is 0 Å². The Morgan fingerprint density at radius 3 is 3.38 bits per heavy atom. The Bertz CT molecular complexity index is 446. The maximum atomic E-state index is 4.19.